The highest BCUT2D eigenvalue weighted by Gasteiger charge is 2.54. The molecule has 1 saturated heterocycles. The number of benzene rings is 2. The van der Waals surface area contributed by atoms with Crippen molar-refractivity contribution in [2.24, 2.45) is 17.8 Å². The van der Waals surface area contributed by atoms with Crippen molar-refractivity contribution in [3.05, 3.63) is 48.0 Å². The first-order valence-electron chi connectivity index (χ1n) is 19.6. The molecule has 56 heavy (non-hydrogen) atoms. The number of carbonyl (C=O) groups is 7. The van der Waals surface area contributed by atoms with E-state index in [1.165, 1.54) is 9.80 Å². The van der Waals surface area contributed by atoms with Gasteiger partial charge in [-0.2, -0.15) is 0 Å². The Morgan fingerprint density at radius 1 is 0.893 bits per heavy atom. The van der Waals surface area contributed by atoms with Crippen LogP contribution in [0.25, 0.3) is 10.8 Å². The molecule has 15 heteroatoms. The van der Waals surface area contributed by atoms with Crippen LogP contribution >= 0.6 is 0 Å². The quantitative estimate of drug-likeness (QED) is 0.139. The molecule has 0 unspecified atom stereocenters. The monoisotopic (exact) mass is 778 g/mol. The van der Waals surface area contributed by atoms with Crippen LogP contribution in [-0.2, 0) is 44.9 Å². The summed E-state index contributed by atoms with van der Waals surface area (Å²) in [6, 6.07) is 11.6. The van der Waals surface area contributed by atoms with Crippen LogP contribution in [0.4, 0.5) is 0 Å². The lowest BCUT2D eigenvalue weighted by atomic mass is 9.77. The number of carboxylic acids is 3. The third kappa shape index (κ3) is 10.6. The van der Waals surface area contributed by atoms with Crippen molar-refractivity contribution in [3.63, 3.8) is 0 Å². The summed E-state index contributed by atoms with van der Waals surface area (Å²) < 4.78 is 6.33. The highest BCUT2D eigenvalue weighted by molar-refractivity contribution is 5.96. The van der Waals surface area contributed by atoms with Crippen molar-refractivity contribution in [2.75, 3.05) is 19.6 Å². The van der Waals surface area contributed by atoms with E-state index in [0.29, 0.717) is 12.8 Å². The number of carboxylic acid groups (broad SMARTS) is 3. The summed E-state index contributed by atoms with van der Waals surface area (Å²) in [6.07, 6.45) is 3.02. The minimum absolute atomic E-state index is 0.0213. The fraction of sp³-hybridized carbons (Fsp3) is 0.585. The zero-order valence-electron chi connectivity index (χ0n) is 32.1. The fourth-order valence-corrected chi connectivity index (χ4v) is 7.97. The highest BCUT2D eigenvalue weighted by atomic mass is 16.5. The van der Waals surface area contributed by atoms with E-state index in [1.54, 1.807) is 13.8 Å². The number of amides is 4. The molecule has 4 atom stereocenters. The van der Waals surface area contributed by atoms with Crippen LogP contribution in [0.15, 0.2) is 42.5 Å². The van der Waals surface area contributed by atoms with Crippen LogP contribution in [0.5, 0.6) is 0 Å². The van der Waals surface area contributed by atoms with Gasteiger partial charge in [-0.05, 0) is 53.9 Å². The van der Waals surface area contributed by atoms with Crippen LogP contribution < -0.4 is 10.6 Å². The smallest absolute Gasteiger partial charge is 0.329 e. The van der Waals surface area contributed by atoms with Crippen molar-refractivity contribution in [2.45, 2.75) is 115 Å². The molecule has 2 aliphatic carbocycles. The third-order valence-electron chi connectivity index (χ3n) is 11.4. The summed E-state index contributed by atoms with van der Waals surface area (Å²) in [4.78, 5) is 93.4. The van der Waals surface area contributed by atoms with Gasteiger partial charge in [0.15, 0.2) is 0 Å². The molecule has 2 aromatic rings. The second-order valence-corrected chi connectivity index (χ2v) is 15.8. The van der Waals surface area contributed by atoms with Crippen LogP contribution in [0.2, 0.25) is 0 Å². The van der Waals surface area contributed by atoms with Crippen molar-refractivity contribution >= 4 is 52.3 Å². The molecular formula is C41H54N4O11. The molecule has 0 bridgehead atoms. The Labute approximate surface area is 326 Å². The van der Waals surface area contributed by atoms with E-state index in [2.05, 4.69) is 10.6 Å². The number of fused-ring (bicyclic) bond motifs is 1. The van der Waals surface area contributed by atoms with Crippen molar-refractivity contribution in [1.29, 1.82) is 0 Å². The topological polar surface area (TPSA) is 220 Å². The zero-order chi connectivity index (χ0) is 40.6. The van der Waals surface area contributed by atoms with E-state index in [-0.39, 0.29) is 70.7 Å². The summed E-state index contributed by atoms with van der Waals surface area (Å²) >= 11 is 0. The molecule has 0 spiro atoms. The number of rotatable bonds is 19. The SMILES string of the molecule is CC(C)[C@H](NC(=O)[C@@H](CC(=O)N(CCC(=O)O)CCC(=O)O)C1CCCCC1)C(=O)N1C[C@H](OCc2cccc3ccccc23)C[C@H]1C(=O)NC1(C(=O)O)CC1. The van der Waals surface area contributed by atoms with Gasteiger partial charge in [-0.3, -0.25) is 28.8 Å². The molecule has 0 aromatic heterocycles. The molecular weight excluding hydrogens is 724 g/mol. The Morgan fingerprint density at radius 3 is 2.14 bits per heavy atom. The molecule has 3 aliphatic rings. The van der Waals surface area contributed by atoms with Gasteiger partial charge in [0.25, 0.3) is 0 Å². The first-order valence-corrected chi connectivity index (χ1v) is 19.6. The average molecular weight is 779 g/mol. The second kappa shape index (κ2) is 18.7. The van der Waals surface area contributed by atoms with E-state index < -0.39 is 77.1 Å². The molecule has 1 aliphatic heterocycles. The lowest BCUT2D eigenvalue weighted by Crippen LogP contribution is -2.58. The van der Waals surface area contributed by atoms with Gasteiger partial charge in [-0.1, -0.05) is 75.6 Å². The number of nitrogens with zero attached hydrogens (tertiary/aromatic N) is 2. The van der Waals surface area contributed by atoms with Crippen LogP contribution in [0.3, 0.4) is 0 Å². The van der Waals surface area contributed by atoms with Crippen molar-refractivity contribution < 1.29 is 53.6 Å². The van der Waals surface area contributed by atoms with Crippen LogP contribution in [0.1, 0.15) is 90.0 Å². The van der Waals surface area contributed by atoms with Gasteiger partial charge in [-0.15, -0.1) is 0 Å². The van der Waals surface area contributed by atoms with Gasteiger partial charge in [0, 0.05) is 38.4 Å². The number of ether oxygens (including phenoxy) is 1. The molecule has 3 fully saturated rings. The molecule has 2 saturated carbocycles. The zero-order valence-corrected chi connectivity index (χ0v) is 32.1. The molecule has 4 amide bonds. The lowest BCUT2D eigenvalue weighted by molar-refractivity contribution is -0.146. The van der Waals surface area contributed by atoms with Crippen molar-refractivity contribution in [1.82, 2.24) is 20.4 Å². The van der Waals surface area contributed by atoms with E-state index in [4.69, 9.17) is 4.74 Å². The Bertz CT molecular complexity index is 1760. The first kappa shape index (κ1) is 42.1. The maximum Gasteiger partial charge on any atom is 0.329 e. The van der Waals surface area contributed by atoms with Gasteiger partial charge in [0.2, 0.25) is 23.6 Å². The van der Waals surface area contributed by atoms with Gasteiger partial charge in [0.1, 0.15) is 17.6 Å². The standard InChI is InChI=1S/C41H54N4O11/c1-25(2)36(42-37(51)31(27-9-4-3-5-10-27)22-33(46)44(19-15-34(47)48)20-16-35(49)50)39(53)45-23-29(21-32(45)38(52)43-41(17-18-41)40(54)55)56-24-28-13-8-12-26-11-6-7-14-30(26)28/h6-8,11-14,25,27,29,31-32,36H,3-5,9-10,15-24H2,1-2H3,(H,42,51)(H,43,52)(H,47,48)(H,49,50)(H,54,55)/t29-,31+,32+,36+/m1/s1. The second-order valence-electron chi connectivity index (χ2n) is 15.8. The van der Waals surface area contributed by atoms with Gasteiger partial charge >= 0.3 is 17.9 Å². The Balaban J connectivity index is 1.36. The maximum absolute atomic E-state index is 14.5. The Hall–Kier alpha value is -5.05. The third-order valence-corrected chi connectivity index (χ3v) is 11.4. The van der Waals surface area contributed by atoms with Crippen LogP contribution in [0, 0.1) is 17.8 Å². The van der Waals surface area contributed by atoms with Gasteiger partial charge in [-0.25, -0.2) is 4.79 Å². The van der Waals surface area contributed by atoms with Crippen LogP contribution in [-0.4, -0.2) is 110 Å². The highest BCUT2D eigenvalue weighted by Crippen LogP contribution is 2.37. The molecule has 304 valence electrons. The molecule has 1 heterocycles. The molecule has 5 N–H and O–H groups in total. The Morgan fingerprint density at radius 2 is 1.54 bits per heavy atom. The summed E-state index contributed by atoms with van der Waals surface area (Å²) in [6.45, 7) is 3.32. The summed E-state index contributed by atoms with van der Waals surface area (Å²) in [5.41, 5.74) is -0.459. The molecule has 15 nitrogen and oxygen atoms in total. The normalized spacial score (nSPS) is 20.2. The minimum Gasteiger partial charge on any atom is -0.481 e. The van der Waals surface area contributed by atoms with Crippen molar-refractivity contribution in [3.8, 4) is 0 Å². The van der Waals surface area contributed by atoms with Gasteiger partial charge in [0.05, 0.1) is 25.6 Å². The average Bonchev–Trinajstić information content (AvgIpc) is 3.83. The number of nitrogens with one attached hydrogen (secondary N) is 2. The number of likely N-dealkylation sites (tertiary alicyclic amines) is 1. The minimum atomic E-state index is -1.39. The van der Waals surface area contributed by atoms with E-state index >= 15 is 0 Å². The first-order chi connectivity index (χ1) is 26.7. The van der Waals surface area contributed by atoms with Gasteiger partial charge < -0.3 is 40.5 Å². The summed E-state index contributed by atoms with van der Waals surface area (Å²) in [5, 5.41) is 35.9. The Kier molecular flexibility index (Phi) is 14.1. The number of hydrogen-bond acceptors (Lipinski definition) is 8. The van der Waals surface area contributed by atoms with E-state index in [1.807, 2.05) is 42.5 Å². The predicted octanol–water partition coefficient (Wildman–Crippen LogP) is 3.56. The number of carbonyl (C=O) groups excluding carboxylic acids is 4. The maximum atomic E-state index is 14.5. The van der Waals surface area contributed by atoms with E-state index in [9.17, 15) is 48.9 Å². The lowest BCUT2D eigenvalue weighted by Gasteiger charge is -2.34. The largest absolute Gasteiger partial charge is 0.481 e. The summed E-state index contributed by atoms with van der Waals surface area (Å²) in [5.74, 6) is -7.18. The molecule has 2 aromatic carbocycles. The predicted molar refractivity (Wildman–Crippen MR) is 203 cm³/mol. The number of hydrogen-bond donors (Lipinski definition) is 5. The molecule has 5 rings (SSSR count). The fourth-order valence-electron chi connectivity index (χ4n) is 7.97. The number of aliphatic carboxylic acids is 3. The van der Waals surface area contributed by atoms with E-state index in [0.717, 1.165) is 35.6 Å². The molecule has 0 radical (unpaired) electrons. The summed E-state index contributed by atoms with van der Waals surface area (Å²) in [7, 11) is 0.